The Morgan fingerprint density at radius 1 is 0.690 bits per heavy atom. The highest BCUT2D eigenvalue weighted by Gasteiger charge is 2.13. The van der Waals surface area contributed by atoms with E-state index >= 15 is 0 Å². The average molecular weight is 388 g/mol. The van der Waals surface area contributed by atoms with Crippen molar-refractivity contribution >= 4 is 11.9 Å². The highest BCUT2D eigenvalue weighted by molar-refractivity contribution is 5.92. The lowest BCUT2D eigenvalue weighted by Gasteiger charge is -2.10. The summed E-state index contributed by atoms with van der Waals surface area (Å²) < 4.78 is 10.9. The van der Waals surface area contributed by atoms with Crippen molar-refractivity contribution in [2.45, 2.75) is 33.6 Å². The van der Waals surface area contributed by atoms with Crippen molar-refractivity contribution in [3.63, 3.8) is 0 Å². The molecule has 0 N–H and O–H groups in total. The molecule has 0 atom stereocenters. The smallest absolute Gasteiger partial charge is 0.343 e. The highest BCUT2D eigenvalue weighted by Crippen LogP contribution is 2.25. The van der Waals surface area contributed by atoms with Gasteiger partial charge in [0.15, 0.2) is 0 Å². The van der Waals surface area contributed by atoms with Crippen molar-refractivity contribution in [3.05, 3.63) is 94.5 Å². The van der Waals surface area contributed by atoms with Crippen LogP contribution in [-0.4, -0.2) is 11.9 Å². The Morgan fingerprint density at radius 2 is 1.17 bits per heavy atom. The Kier molecular flexibility index (Phi) is 6.45. The van der Waals surface area contributed by atoms with E-state index in [4.69, 9.17) is 9.47 Å². The van der Waals surface area contributed by atoms with Crippen molar-refractivity contribution in [1.82, 2.24) is 0 Å². The summed E-state index contributed by atoms with van der Waals surface area (Å²) in [6.07, 6.45) is 1.83. The second-order valence-corrected chi connectivity index (χ2v) is 6.81. The van der Waals surface area contributed by atoms with Crippen molar-refractivity contribution < 1.29 is 19.1 Å². The molecule has 0 bridgehead atoms. The molecule has 0 spiro atoms. The van der Waals surface area contributed by atoms with E-state index in [1.165, 1.54) is 0 Å². The summed E-state index contributed by atoms with van der Waals surface area (Å²) in [7, 11) is 0. The number of carbonyl (C=O) groups excluding carboxylic acids is 2. The fourth-order valence-electron chi connectivity index (χ4n) is 2.88. The Hall–Kier alpha value is -3.40. The van der Waals surface area contributed by atoms with Gasteiger partial charge in [0.2, 0.25) is 0 Å². The molecule has 0 saturated carbocycles. The maximum atomic E-state index is 12.4. The first-order valence-electron chi connectivity index (χ1n) is 9.73. The predicted octanol–water partition coefficient (Wildman–Crippen LogP) is 5.56. The zero-order valence-electron chi connectivity index (χ0n) is 16.9. The first kappa shape index (κ1) is 20.3. The number of benzene rings is 3. The van der Waals surface area contributed by atoms with Gasteiger partial charge in [0.25, 0.3) is 0 Å². The number of hydrogen-bond donors (Lipinski definition) is 0. The summed E-state index contributed by atoms with van der Waals surface area (Å²) in [6, 6.07) is 19.6. The van der Waals surface area contributed by atoms with Gasteiger partial charge >= 0.3 is 11.9 Å². The lowest BCUT2D eigenvalue weighted by molar-refractivity contribution is 0.0718. The molecule has 0 unspecified atom stereocenters. The largest absolute Gasteiger partial charge is 0.423 e. The molecule has 0 amide bonds. The third kappa shape index (κ3) is 5.11. The molecule has 0 aliphatic rings. The third-order valence-electron chi connectivity index (χ3n) is 4.76. The number of ether oxygens (including phenoxy) is 2. The normalized spacial score (nSPS) is 10.4. The molecule has 3 rings (SSSR count). The lowest BCUT2D eigenvalue weighted by Crippen LogP contribution is -2.10. The van der Waals surface area contributed by atoms with Gasteiger partial charge in [-0.1, -0.05) is 38.1 Å². The first-order chi connectivity index (χ1) is 14.0. The van der Waals surface area contributed by atoms with E-state index in [1.807, 2.05) is 24.3 Å². The fourth-order valence-corrected chi connectivity index (χ4v) is 2.88. The van der Waals surface area contributed by atoms with Crippen LogP contribution < -0.4 is 9.47 Å². The quantitative estimate of drug-likeness (QED) is 0.410. The maximum Gasteiger partial charge on any atom is 0.343 e. The maximum absolute atomic E-state index is 12.4. The van der Waals surface area contributed by atoms with E-state index in [-0.39, 0.29) is 0 Å². The molecule has 0 fully saturated rings. The predicted molar refractivity (Wildman–Crippen MR) is 113 cm³/mol. The fraction of sp³-hybridized carbons (Fsp3) is 0.200. The summed E-state index contributed by atoms with van der Waals surface area (Å²) in [5.74, 6) is -0.00912. The zero-order chi connectivity index (χ0) is 20.8. The monoisotopic (exact) mass is 388 g/mol. The molecule has 0 radical (unpaired) electrons. The van der Waals surface area contributed by atoms with Crippen LogP contribution >= 0.6 is 0 Å². The van der Waals surface area contributed by atoms with Crippen LogP contribution in [0.1, 0.15) is 51.3 Å². The average Bonchev–Trinajstić information content (AvgIpc) is 2.75. The van der Waals surface area contributed by atoms with Gasteiger partial charge in [0.1, 0.15) is 11.5 Å². The molecule has 29 heavy (non-hydrogen) atoms. The summed E-state index contributed by atoms with van der Waals surface area (Å²) in [6.45, 7) is 5.92. The van der Waals surface area contributed by atoms with Crippen LogP contribution in [-0.2, 0) is 12.8 Å². The zero-order valence-corrected chi connectivity index (χ0v) is 16.9. The van der Waals surface area contributed by atoms with E-state index in [0.29, 0.717) is 28.2 Å². The van der Waals surface area contributed by atoms with E-state index in [0.717, 1.165) is 24.0 Å². The van der Waals surface area contributed by atoms with Crippen molar-refractivity contribution in [2.75, 3.05) is 0 Å². The number of esters is 2. The van der Waals surface area contributed by atoms with Gasteiger partial charge in [0.05, 0.1) is 11.1 Å². The van der Waals surface area contributed by atoms with Crippen LogP contribution in [0.5, 0.6) is 11.5 Å². The first-order valence-corrected chi connectivity index (χ1v) is 9.73. The van der Waals surface area contributed by atoms with Gasteiger partial charge in [-0.15, -0.1) is 0 Å². The molecule has 0 aliphatic heterocycles. The minimum Gasteiger partial charge on any atom is -0.423 e. The molecule has 4 nitrogen and oxygen atoms in total. The topological polar surface area (TPSA) is 52.6 Å². The van der Waals surface area contributed by atoms with Crippen molar-refractivity contribution in [1.29, 1.82) is 0 Å². The highest BCUT2D eigenvalue weighted by atomic mass is 16.5. The van der Waals surface area contributed by atoms with Gasteiger partial charge in [-0.25, -0.2) is 9.59 Å². The molecular formula is C25H24O4. The van der Waals surface area contributed by atoms with Crippen LogP contribution in [0.25, 0.3) is 0 Å². The minimum atomic E-state index is -0.423. The number of carbonyl (C=O) groups is 2. The van der Waals surface area contributed by atoms with Gasteiger partial charge in [-0.2, -0.15) is 0 Å². The van der Waals surface area contributed by atoms with Crippen LogP contribution in [0.2, 0.25) is 0 Å². The van der Waals surface area contributed by atoms with Crippen LogP contribution in [0.4, 0.5) is 0 Å². The van der Waals surface area contributed by atoms with E-state index in [2.05, 4.69) is 13.8 Å². The van der Waals surface area contributed by atoms with Crippen LogP contribution in [0.3, 0.4) is 0 Å². The van der Waals surface area contributed by atoms with Gasteiger partial charge in [-0.05, 0) is 78.9 Å². The Morgan fingerprint density at radius 3 is 1.62 bits per heavy atom. The summed E-state index contributed by atoms with van der Waals surface area (Å²) in [5.41, 5.74) is 4.01. The Balaban J connectivity index is 1.67. The van der Waals surface area contributed by atoms with E-state index in [9.17, 15) is 9.59 Å². The molecule has 148 valence electrons. The minimum absolute atomic E-state index is 0.402. The van der Waals surface area contributed by atoms with Crippen molar-refractivity contribution in [3.8, 4) is 11.5 Å². The Bertz CT molecular complexity index is 1000. The van der Waals surface area contributed by atoms with Crippen LogP contribution in [0, 0.1) is 6.92 Å². The third-order valence-corrected chi connectivity index (χ3v) is 4.76. The molecule has 3 aromatic rings. The molecule has 0 heterocycles. The van der Waals surface area contributed by atoms with Crippen LogP contribution in [0.15, 0.2) is 66.7 Å². The summed E-state index contributed by atoms with van der Waals surface area (Å²) in [4.78, 5) is 24.7. The second-order valence-electron chi connectivity index (χ2n) is 6.81. The van der Waals surface area contributed by atoms with Crippen molar-refractivity contribution in [2.24, 2.45) is 0 Å². The SMILES string of the molecule is CCc1ccc(C(=O)Oc2ccc(OC(=O)c3ccc(CC)cc3)c(C)c2)cc1. The summed E-state index contributed by atoms with van der Waals surface area (Å²) >= 11 is 0. The summed E-state index contributed by atoms with van der Waals surface area (Å²) in [5, 5.41) is 0. The van der Waals surface area contributed by atoms with E-state index in [1.54, 1.807) is 49.4 Å². The van der Waals surface area contributed by atoms with Gasteiger partial charge in [-0.3, -0.25) is 0 Å². The molecule has 3 aromatic carbocycles. The number of aryl methyl sites for hydroxylation is 3. The molecular weight excluding hydrogens is 364 g/mol. The molecule has 0 saturated heterocycles. The lowest BCUT2D eigenvalue weighted by atomic mass is 10.1. The molecule has 0 aliphatic carbocycles. The molecule has 0 aromatic heterocycles. The number of hydrogen-bond acceptors (Lipinski definition) is 4. The second kappa shape index (κ2) is 9.20. The Labute approximate surface area is 171 Å². The van der Waals surface area contributed by atoms with E-state index < -0.39 is 11.9 Å². The van der Waals surface area contributed by atoms with Gasteiger partial charge < -0.3 is 9.47 Å². The number of rotatable bonds is 6. The van der Waals surface area contributed by atoms with Gasteiger partial charge in [0, 0.05) is 0 Å². The molecule has 4 heteroatoms. The standard InChI is InChI=1S/C25H24O4/c1-4-18-6-10-20(11-7-18)24(26)28-22-14-15-23(17(3)16-22)29-25(27)21-12-8-19(5-2)9-13-21/h6-16H,4-5H2,1-3H3.